The monoisotopic (exact) mass is 433 g/mol. The molecule has 0 radical (unpaired) electrons. The van der Waals surface area contributed by atoms with Crippen LogP contribution < -0.4 is 10.6 Å². The molecule has 164 valence electrons. The maximum atomic E-state index is 13.3. The number of carbonyl (C=O) groups excluding carboxylic acids is 2. The Balaban J connectivity index is 1.30. The molecule has 1 fully saturated rings. The van der Waals surface area contributed by atoms with E-state index in [1.807, 2.05) is 12.1 Å². The van der Waals surface area contributed by atoms with E-state index in [-0.39, 0.29) is 11.9 Å². The molecular weight excluding hydrogens is 409 g/mol. The summed E-state index contributed by atoms with van der Waals surface area (Å²) in [4.78, 5) is 33.3. The number of anilines is 2. The topological polar surface area (TPSA) is 77.6 Å². The van der Waals surface area contributed by atoms with Gasteiger partial charge in [0.2, 0.25) is 0 Å². The minimum absolute atomic E-state index is 0.198. The Bertz CT molecular complexity index is 1080. The van der Waals surface area contributed by atoms with E-state index in [9.17, 15) is 14.0 Å². The van der Waals surface area contributed by atoms with Crippen molar-refractivity contribution in [2.24, 2.45) is 0 Å². The number of rotatable bonds is 5. The molecule has 4 rings (SSSR count). The first-order chi connectivity index (χ1) is 15.6. The van der Waals surface area contributed by atoms with Gasteiger partial charge >= 0.3 is 6.03 Å². The van der Waals surface area contributed by atoms with Crippen LogP contribution in [0.15, 0.2) is 73.1 Å². The number of nitrogens with one attached hydrogen (secondary N) is 2. The van der Waals surface area contributed by atoms with Crippen molar-refractivity contribution >= 4 is 23.3 Å². The highest BCUT2D eigenvalue weighted by atomic mass is 19.1. The lowest BCUT2D eigenvalue weighted by Crippen LogP contribution is -2.49. The van der Waals surface area contributed by atoms with Crippen molar-refractivity contribution in [1.82, 2.24) is 14.8 Å². The number of aromatic nitrogens is 1. The molecule has 0 saturated carbocycles. The van der Waals surface area contributed by atoms with Crippen molar-refractivity contribution in [2.45, 2.75) is 6.54 Å². The average molecular weight is 433 g/mol. The Morgan fingerprint density at radius 1 is 0.875 bits per heavy atom. The summed E-state index contributed by atoms with van der Waals surface area (Å²) < 4.78 is 13.3. The van der Waals surface area contributed by atoms with Crippen LogP contribution in [-0.4, -0.2) is 52.9 Å². The molecule has 0 unspecified atom stereocenters. The van der Waals surface area contributed by atoms with Crippen molar-refractivity contribution in [2.75, 3.05) is 36.8 Å². The van der Waals surface area contributed by atoms with Crippen LogP contribution in [-0.2, 0) is 6.54 Å². The van der Waals surface area contributed by atoms with Crippen LogP contribution in [0.4, 0.5) is 20.6 Å². The Kier molecular flexibility index (Phi) is 6.72. The molecule has 7 nitrogen and oxygen atoms in total. The van der Waals surface area contributed by atoms with Gasteiger partial charge in [0.25, 0.3) is 5.91 Å². The zero-order valence-electron chi connectivity index (χ0n) is 17.5. The first-order valence-electron chi connectivity index (χ1n) is 10.4. The molecule has 1 aliphatic rings. The third-order valence-corrected chi connectivity index (χ3v) is 5.27. The number of urea groups is 1. The number of hydrogen-bond donors (Lipinski definition) is 2. The van der Waals surface area contributed by atoms with Gasteiger partial charge in [-0.15, -0.1) is 0 Å². The van der Waals surface area contributed by atoms with Gasteiger partial charge in [-0.05, 0) is 54.1 Å². The maximum Gasteiger partial charge on any atom is 0.321 e. The third kappa shape index (κ3) is 5.67. The largest absolute Gasteiger partial charge is 0.322 e. The van der Waals surface area contributed by atoms with Gasteiger partial charge in [0, 0.05) is 62.1 Å². The van der Waals surface area contributed by atoms with Gasteiger partial charge in [-0.2, -0.15) is 0 Å². The van der Waals surface area contributed by atoms with Crippen LogP contribution in [0.1, 0.15) is 15.9 Å². The number of hydrogen-bond acceptors (Lipinski definition) is 4. The molecule has 3 amide bonds. The lowest BCUT2D eigenvalue weighted by atomic mass is 10.2. The molecule has 2 N–H and O–H groups in total. The summed E-state index contributed by atoms with van der Waals surface area (Å²) in [6.07, 6.45) is 3.57. The summed E-state index contributed by atoms with van der Waals surface area (Å²) in [6, 6.07) is 16.2. The van der Waals surface area contributed by atoms with Crippen molar-refractivity contribution in [3.63, 3.8) is 0 Å². The van der Waals surface area contributed by atoms with Gasteiger partial charge in [-0.3, -0.25) is 14.7 Å². The van der Waals surface area contributed by atoms with Crippen LogP contribution in [0.3, 0.4) is 0 Å². The van der Waals surface area contributed by atoms with E-state index in [0.29, 0.717) is 30.0 Å². The second-order valence-corrected chi connectivity index (χ2v) is 7.59. The van der Waals surface area contributed by atoms with E-state index in [4.69, 9.17) is 0 Å². The molecule has 8 heteroatoms. The summed E-state index contributed by atoms with van der Waals surface area (Å²) in [7, 11) is 0. The average Bonchev–Trinajstić information content (AvgIpc) is 2.80. The normalized spacial score (nSPS) is 14.1. The number of halogens is 1. The van der Waals surface area contributed by atoms with E-state index in [1.54, 1.807) is 47.6 Å². The van der Waals surface area contributed by atoms with Crippen molar-refractivity contribution in [3.05, 3.63) is 90.0 Å². The van der Waals surface area contributed by atoms with Gasteiger partial charge in [-0.1, -0.05) is 12.1 Å². The van der Waals surface area contributed by atoms with Gasteiger partial charge in [0.15, 0.2) is 0 Å². The molecule has 1 aromatic heterocycles. The van der Waals surface area contributed by atoms with Gasteiger partial charge in [0.1, 0.15) is 5.82 Å². The number of nitrogens with zero attached hydrogens (tertiary/aromatic N) is 3. The summed E-state index contributed by atoms with van der Waals surface area (Å²) in [6.45, 7) is 3.64. The standard InChI is InChI=1S/C24H24FN5O2/c25-20-4-2-6-22(16-20)27-23(31)19-3-1-5-21(15-19)28-24(32)30-13-11-29(12-14-30)17-18-7-9-26-10-8-18/h1-10,15-16H,11-14,17H2,(H,27,31)(H,28,32). The molecule has 1 saturated heterocycles. The van der Waals surface area contributed by atoms with Crippen LogP contribution in [0.2, 0.25) is 0 Å². The van der Waals surface area contributed by atoms with Crippen LogP contribution >= 0.6 is 0 Å². The smallest absolute Gasteiger partial charge is 0.321 e. The highest BCUT2D eigenvalue weighted by molar-refractivity contribution is 6.05. The number of amides is 3. The zero-order valence-corrected chi connectivity index (χ0v) is 17.5. The van der Waals surface area contributed by atoms with E-state index in [2.05, 4.69) is 20.5 Å². The summed E-state index contributed by atoms with van der Waals surface area (Å²) in [5.41, 5.74) is 2.47. The lowest BCUT2D eigenvalue weighted by Gasteiger charge is -2.34. The summed E-state index contributed by atoms with van der Waals surface area (Å²) in [5, 5.41) is 5.52. The molecule has 0 atom stereocenters. The van der Waals surface area contributed by atoms with Crippen LogP contribution in [0.25, 0.3) is 0 Å². The molecule has 0 spiro atoms. The van der Waals surface area contributed by atoms with Gasteiger partial charge < -0.3 is 15.5 Å². The second kappa shape index (κ2) is 10.0. The quantitative estimate of drug-likeness (QED) is 0.641. The third-order valence-electron chi connectivity index (χ3n) is 5.27. The zero-order chi connectivity index (χ0) is 22.3. The highest BCUT2D eigenvalue weighted by Crippen LogP contribution is 2.16. The van der Waals surface area contributed by atoms with Crippen LogP contribution in [0.5, 0.6) is 0 Å². The van der Waals surface area contributed by atoms with E-state index < -0.39 is 5.82 Å². The predicted molar refractivity (Wildman–Crippen MR) is 121 cm³/mol. The molecule has 2 aromatic carbocycles. The number of carbonyl (C=O) groups is 2. The van der Waals surface area contributed by atoms with Gasteiger partial charge in [0.05, 0.1) is 0 Å². The van der Waals surface area contributed by atoms with E-state index >= 15 is 0 Å². The minimum Gasteiger partial charge on any atom is -0.322 e. The summed E-state index contributed by atoms with van der Waals surface area (Å²) in [5.74, 6) is -0.805. The Morgan fingerprint density at radius 3 is 2.28 bits per heavy atom. The van der Waals surface area contributed by atoms with E-state index in [0.717, 1.165) is 19.6 Å². The fourth-order valence-electron chi connectivity index (χ4n) is 3.57. The van der Waals surface area contributed by atoms with Crippen molar-refractivity contribution in [1.29, 1.82) is 0 Å². The fraction of sp³-hybridized carbons (Fsp3) is 0.208. The van der Waals surface area contributed by atoms with Gasteiger partial charge in [-0.25, -0.2) is 9.18 Å². The SMILES string of the molecule is O=C(Nc1cccc(F)c1)c1cccc(NC(=O)N2CCN(Cc3ccncc3)CC2)c1. The Hall–Kier alpha value is -3.78. The summed E-state index contributed by atoms with van der Waals surface area (Å²) >= 11 is 0. The molecule has 32 heavy (non-hydrogen) atoms. The fourth-order valence-corrected chi connectivity index (χ4v) is 3.57. The number of pyridine rings is 1. The molecule has 0 bridgehead atoms. The minimum atomic E-state index is -0.426. The van der Waals surface area contributed by atoms with Crippen molar-refractivity contribution in [3.8, 4) is 0 Å². The molecular formula is C24H24FN5O2. The molecule has 2 heterocycles. The second-order valence-electron chi connectivity index (χ2n) is 7.59. The van der Waals surface area contributed by atoms with Crippen LogP contribution in [0, 0.1) is 5.82 Å². The predicted octanol–water partition coefficient (Wildman–Crippen LogP) is 3.82. The Morgan fingerprint density at radius 2 is 1.56 bits per heavy atom. The molecule has 0 aliphatic carbocycles. The first-order valence-corrected chi connectivity index (χ1v) is 10.4. The Labute approximate surface area is 185 Å². The first kappa shape index (κ1) is 21.5. The highest BCUT2D eigenvalue weighted by Gasteiger charge is 2.21. The maximum absolute atomic E-state index is 13.3. The van der Waals surface area contributed by atoms with E-state index in [1.165, 1.54) is 23.8 Å². The number of benzene rings is 2. The molecule has 3 aromatic rings. The number of piperazine rings is 1. The van der Waals surface area contributed by atoms with Crippen molar-refractivity contribution < 1.29 is 14.0 Å². The molecule has 1 aliphatic heterocycles. The lowest BCUT2D eigenvalue weighted by molar-refractivity contribution is 0.102.